The van der Waals surface area contributed by atoms with E-state index in [1.807, 2.05) is 6.92 Å². The van der Waals surface area contributed by atoms with Gasteiger partial charge in [0, 0.05) is 24.8 Å². The number of hydrogen-bond donors (Lipinski definition) is 3. The molecule has 108 valence electrons. The maximum Gasteiger partial charge on any atom is 0.315 e. The van der Waals surface area contributed by atoms with Gasteiger partial charge in [-0.3, -0.25) is 4.79 Å². The van der Waals surface area contributed by atoms with Crippen LogP contribution in [0.4, 0.5) is 4.79 Å². The maximum absolute atomic E-state index is 12.0. The minimum absolute atomic E-state index is 0.00207. The summed E-state index contributed by atoms with van der Waals surface area (Å²) in [6.07, 6.45) is 3.57. The zero-order valence-corrected chi connectivity index (χ0v) is 11.3. The molecule has 2 fully saturated rings. The lowest BCUT2D eigenvalue weighted by Crippen LogP contribution is -2.55. The highest BCUT2D eigenvalue weighted by Crippen LogP contribution is 2.34. The Morgan fingerprint density at radius 3 is 2.53 bits per heavy atom. The molecule has 19 heavy (non-hydrogen) atoms. The first-order chi connectivity index (χ1) is 8.98. The van der Waals surface area contributed by atoms with Gasteiger partial charge >= 0.3 is 12.0 Å². The monoisotopic (exact) mass is 270 g/mol. The number of rotatable bonds is 5. The summed E-state index contributed by atoms with van der Waals surface area (Å²) in [5.41, 5.74) is -0.250. The molecule has 0 bridgehead atoms. The van der Waals surface area contributed by atoms with Gasteiger partial charge in [-0.05, 0) is 38.5 Å². The van der Waals surface area contributed by atoms with E-state index in [1.165, 1.54) is 0 Å². The third kappa shape index (κ3) is 4.38. The highest BCUT2D eigenvalue weighted by Gasteiger charge is 2.35. The van der Waals surface area contributed by atoms with Crippen LogP contribution >= 0.6 is 0 Å². The molecule has 0 spiro atoms. The summed E-state index contributed by atoms with van der Waals surface area (Å²) in [5.74, 6) is -0.543. The first-order valence-electron chi connectivity index (χ1n) is 6.87. The number of hydrogen-bond acceptors (Lipinski definition) is 3. The van der Waals surface area contributed by atoms with Gasteiger partial charge in [-0.25, -0.2) is 4.79 Å². The van der Waals surface area contributed by atoms with Gasteiger partial charge in [-0.2, -0.15) is 0 Å². The van der Waals surface area contributed by atoms with Gasteiger partial charge in [0.15, 0.2) is 0 Å². The van der Waals surface area contributed by atoms with Gasteiger partial charge in [-0.15, -0.1) is 0 Å². The van der Waals surface area contributed by atoms with Crippen LogP contribution in [0.15, 0.2) is 0 Å². The van der Waals surface area contributed by atoms with Crippen LogP contribution in [-0.4, -0.2) is 41.9 Å². The molecule has 1 aliphatic carbocycles. The van der Waals surface area contributed by atoms with E-state index in [0.29, 0.717) is 19.1 Å². The average molecular weight is 270 g/mol. The topological polar surface area (TPSA) is 87.7 Å². The van der Waals surface area contributed by atoms with Crippen molar-refractivity contribution < 1.29 is 19.4 Å². The minimum Gasteiger partial charge on any atom is -0.481 e. The Balaban J connectivity index is 1.83. The molecule has 1 aliphatic heterocycles. The van der Waals surface area contributed by atoms with E-state index in [4.69, 9.17) is 9.84 Å². The number of amides is 2. The minimum atomic E-state index is -0.866. The number of aliphatic carboxylic acids is 1. The predicted octanol–water partition coefficient (Wildman–Crippen LogP) is 1.11. The smallest absolute Gasteiger partial charge is 0.315 e. The molecule has 3 N–H and O–H groups in total. The van der Waals surface area contributed by atoms with Crippen LogP contribution in [0.25, 0.3) is 0 Å². The van der Waals surface area contributed by atoms with Crippen LogP contribution in [0.2, 0.25) is 0 Å². The molecular weight excluding hydrogens is 248 g/mol. The zero-order chi connectivity index (χ0) is 13.9. The Hall–Kier alpha value is -1.30. The number of carbonyl (C=O) groups excluding carboxylic acids is 1. The summed E-state index contributed by atoms with van der Waals surface area (Å²) >= 11 is 0. The van der Waals surface area contributed by atoms with E-state index in [0.717, 1.165) is 25.7 Å². The van der Waals surface area contributed by atoms with Crippen LogP contribution in [-0.2, 0) is 9.53 Å². The Bertz CT molecular complexity index is 349. The van der Waals surface area contributed by atoms with E-state index in [-0.39, 0.29) is 24.0 Å². The quantitative estimate of drug-likeness (QED) is 0.698. The number of urea groups is 1. The van der Waals surface area contributed by atoms with E-state index in [9.17, 15) is 9.59 Å². The molecule has 1 heterocycles. The normalized spacial score (nSPS) is 23.4. The predicted molar refractivity (Wildman–Crippen MR) is 68.9 cm³/mol. The summed E-state index contributed by atoms with van der Waals surface area (Å²) in [4.78, 5) is 22.8. The van der Waals surface area contributed by atoms with Crippen molar-refractivity contribution in [3.05, 3.63) is 0 Å². The first kappa shape index (κ1) is 14.1. The van der Waals surface area contributed by atoms with Crippen molar-refractivity contribution in [3.63, 3.8) is 0 Å². The van der Waals surface area contributed by atoms with Gasteiger partial charge < -0.3 is 20.5 Å². The van der Waals surface area contributed by atoms with Crippen LogP contribution in [0.1, 0.15) is 39.0 Å². The van der Waals surface area contributed by atoms with Crippen molar-refractivity contribution >= 4 is 12.0 Å². The van der Waals surface area contributed by atoms with E-state index >= 15 is 0 Å². The van der Waals surface area contributed by atoms with Crippen molar-refractivity contribution in [2.24, 2.45) is 5.92 Å². The molecule has 2 rings (SSSR count). The van der Waals surface area contributed by atoms with Crippen LogP contribution in [0, 0.1) is 5.92 Å². The number of ether oxygens (including phenoxy) is 1. The van der Waals surface area contributed by atoms with Gasteiger partial charge in [0.25, 0.3) is 0 Å². The molecule has 0 radical (unpaired) electrons. The Morgan fingerprint density at radius 2 is 2.00 bits per heavy atom. The second-order valence-electron chi connectivity index (χ2n) is 5.81. The fourth-order valence-corrected chi connectivity index (χ4v) is 2.45. The number of nitrogens with one attached hydrogen (secondary N) is 2. The van der Waals surface area contributed by atoms with Gasteiger partial charge in [0.05, 0.1) is 6.42 Å². The third-order valence-electron chi connectivity index (χ3n) is 3.91. The van der Waals surface area contributed by atoms with Gasteiger partial charge in [-0.1, -0.05) is 0 Å². The molecule has 2 aliphatic rings. The largest absolute Gasteiger partial charge is 0.481 e. The van der Waals surface area contributed by atoms with E-state index < -0.39 is 5.97 Å². The average Bonchev–Trinajstić information content (AvgIpc) is 3.11. The molecule has 1 atom stereocenters. The van der Waals surface area contributed by atoms with E-state index in [2.05, 4.69) is 10.6 Å². The van der Waals surface area contributed by atoms with Crippen LogP contribution < -0.4 is 10.6 Å². The summed E-state index contributed by atoms with van der Waals surface area (Å²) < 4.78 is 5.28. The van der Waals surface area contributed by atoms with Crippen molar-refractivity contribution in [2.75, 3.05) is 13.2 Å². The third-order valence-corrected chi connectivity index (χ3v) is 3.91. The Morgan fingerprint density at radius 1 is 1.37 bits per heavy atom. The van der Waals surface area contributed by atoms with Crippen molar-refractivity contribution in [2.45, 2.75) is 50.6 Å². The number of carboxylic acids is 1. The molecule has 0 aromatic carbocycles. The molecule has 1 saturated heterocycles. The zero-order valence-electron chi connectivity index (χ0n) is 11.3. The molecule has 0 aromatic heterocycles. The van der Waals surface area contributed by atoms with Crippen LogP contribution in [0.3, 0.4) is 0 Å². The fraction of sp³-hybridized carbons (Fsp3) is 0.846. The lowest BCUT2D eigenvalue weighted by Gasteiger charge is -2.35. The highest BCUT2D eigenvalue weighted by atomic mass is 16.5. The first-order valence-corrected chi connectivity index (χ1v) is 6.87. The van der Waals surface area contributed by atoms with Crippen molar-refractivity contribution in [3.8, 4) is 0 Å². The SMILES string of the molecule is CC1(NC(=O)NC(CC(=O)O)C2CC2)CCOCC1. The molecule has 6 nitrogen and oxygen atoms in total. The molecule has 1 unspecified atom stereocenters. The highest BCUT2D eigenvalue weighted by molar-refractivity contribution is 5.76. The van der Waals surface area contributed by atoms with Gasteiger partial charge in [0.1, 0.15) is 0 Å². The molecule has 6 heteroatoms. The summed E-state index contributed by atoms with van der Waals surface area (Å²) in [7, 11) is 0. The number of carbonyl (C=O) groups is 2. The Kier molecular flexibility index (Phi) is 4.29. The number of carboxylic acid groups (broad SMARTS) is 1. The van der Waals surface area contributed by atoms with E-state index in [1.54, 1.807) is 0 Å². The maximum atomic E-state index is 12.0. The van der Waals surface area contributed by atoms with Crippen molar-refractivity contribution in [1.29, 1.82) is 0 Å². The molecule has 1 saturated carbocycles. The van der Waals surface area contributed by atoms with Crippen molar-refractivity contribution in [1.82, 2.24) is 10.6 Å². The molecule has 2 amide bonds. The summed E-state index contributed by atoms with van der Waals surface area (Å²) in [6, 6.07) is -0.511. The standard InChI is InChI=1S/C13H22N2O4/c1-13(4-6-19-7-5-13)15-12(18)14-10(8-11(16)17)9-2-3-9/h9-10H,2-8H2,1H3,(H,16,17)(H2,14,15,18). The lowest BCUT2D eigenvalue weighted by molar-refractivity contribution is -0.137. The van der Waals surface area contributed by atoms with Gasteiger partial charge in [0.2, 0.25) is 0 Å². The second-order valence-corrected chi connectivity index (χ2v) is 5.81. The molecular formula is C13H22N2O4. The fourth-order valence-electron chi connectivity index (χ4n) is 2.45. The summed E-state index contributed by atoms with van der Waals surface area (Å²) in [5, 5.41) is 14.6. The Labute approximate surface area is 112 Å². The summed E-state index contributed by atoms with van der Waals surface area (Å²) in [6.45, 7) is 3.30. The second kappa shape index (κ2) is 5.77. The van der Waals surface area contributed by atoms with Crippen LogP contribution in [0.5, 0.6) is 0 Å². The molecule has 0 aromatic rings. The lowest BCUT2D eigenvalue weighted by atomic mass is 9.93.